The zero-order valence-corrected chi connectivity index (χ0v) is 19.8. The van der Waals surface area contributed by atoms with Crippen LogP contribution in [0.4, 0.5) is 0 Å². The van der Waals surface area contributed by atoms with E-state index in [0.717, 1.165) is 6.92 Å². The molecule has 0 saturated carbocycles. The first kappa shape index (κ1) is 28.3. The highest BCUT2D eigenvalue weighted by Gasteiger charge is 2.36. The van der Waals surface area contributed by atoms with Gasteiger partial charge in [-0.25, -0.2) is 4.79 Å². The Labute approximate surface area is 192 Å². The average molecular weight is 474 g/mol. The topological polar surface area (TPSA) is 180 Å². The van der Waals surface area contributed by atoms with Crippen molar-refractivity contribution in [1.82, 2.24) is 16.0 Å². The molecule has 12 nitrogen and oxygen atoms in total. The van der Waals surface area contributed by atoms with Crippen LogP contribution in [0.25, 0.3) is 0 Å². The summed E-state index contributed by atoms with van der Waals surface area (Å²) in [5.41, 5.74) is 0. The lowest BCUT2D eigenvalue weighted by Gasteiger charge is -2.28. The van der Waals surface area contributed by atoms with Crippen LogP contribution >= 0.6 is 0 Å². The molecule has 0 aliphatic carbocycles. The number of hydrogen-bond acceptors (Lipinski definition) is 9. The normalized spacial score (nSPS) is 31.3. The first-order valence-electron chi connectivity index (χ1n) is 10.8. The van der Waals surface area contributed by atoms with Crippen molar-refractivity contribution in [2.45, 2.75) is 71.9 Å². The number of ether oxygens (including phenoxy) is 2. The number of esters is 2. The van der Waals surface area contributed by atoms with Gasteiger partial charge in [-0.3, -0.25) is 19.2 Å². The minimum absolute atomic E-state index is 0.283. The molecule has 1 fully saturated rings. The lowest BCUT2D eigenvalue weighted by atomic mass is 9.92. The van der Waals surface area contributed by atoms with E-state index in [1.165, 1.54) is 13.8 Å². The molecule has 7 atom stereocenters. The molecule has 33 heavy (non-hydrogen) atoms. The van der Waals surface area contributed by atoms with E-state index in [-0.39, 0.29) is 12.5 Å². The van der Waals surface area contributed by atoms with E-state index in [9.17, 15) is 34.2 Å². The SMILES string of the molecule is CC(=O)OCC1NC(=O)C([C@@H](C)O)NC(=O)C(C(C)C)NC(=O)[C@H](C)[C@H](O)[C@@H](C)COC1=O. The van der Waals surface area contributed by atoms with Crippen molar-refractivity contribution in [1.29, 1.82) is 0 Å². The Balaban J connectivity index is 3.33. The van der Waals surface area contributed by atoms with Gasteiger partial charge in [-0.2, -0.15) is 0 Å². The van der Waals surface area contributed by atoms with Gasteiger partial charge in [0.1, 0.15) is 18.7 Å². The summed E-state index contributed by atoms with van der Waals surface area (Å²) >= 11 is 0. The number of cyclic esters (lactones) is 1. The van der Waals surface area contributed by atoms with Gasteiger partial charge < -0.3 is 35.6 Å². The van der Waals surface area contributed by atoms with Gasteiger partial charge in [0, 0.05) is 12.8 Å². The lowest BCUT2D eigenvalue weighted by Crippen LogP contribution is -2.60. The molecule has 0 aromatic rings. The van der Waals surface area contributed by atoms with Gasteiger partial charge in [0.05, 0.1) is 24.7 Å². The van der Waals surface area contributed by atoms with Gasteiger partial charge in [0.25, 0.3) is 0 Å². The summed E-state index contributed by atoms with van der Waals surface area (Å²) in [5, 5.41) is 27.9. The fraction of sp³-hybridized carbons (Fsp3) is 0.762. The van der Waals surface area contributed by atoms with Gasteiger partial charge >= 0.3 is 11.9 Å². The summed E-state index contributed by atoms with van der Waals surface area (Å²) in [6.45, 7) is 7.96. The molecule has 5 N–H and O–H groups in total. The molecule has 12 heteroatoms. The van der Waals surface area contributed by atoms with Crippen LogP contribution in [-0.4, -0.2) is 83.4 Å². The van der Waals surface area contributed by atoms with Crippen molar-refractivity contribution in [3.63, 3.8) is 0 Å². The Bertz CT molecular complexity index is 740. The van der Waals surface area contributed by atoms with Gasteiger partial charge in [-0.05, 0) is 12.8 Å². The van der Waals surface area contributed by atoms with Gasteiger partial charge in [0.2, 0.25) is 17.7 Å². The monoisotopic (exact) mass is 473 g/mol. The Morgan fingerprint density at radius 2 is 1.58 bits per heavy atom. The van der Waals surface area contributed by atoms with Crippen molar-refractivity contribution in [2.24, 2.45) is 17.8 Å². The van der Waals surface area contributed by atoms with Crippen LogP contribution in [-0.2, 0) is 33.4 Å². The Morgan fingerprint density at radius 1 is 1.03 bits per heavy atom. The molecular weight excluding hydrogens is 438 g/mol. The predicted molar refractivity (Wildman–Crippen MR) is 114 cm³/mol. The van der Waals surface area contributed by atoms with E-state index in [1.807, 2.05) is 0 Å². The van der Waals surface area contributed by atoms with E-state index >= 15 is 0 Å². The molecule has 1 aliphatic heterocycles. The number of aliphatic hydroxyl groups is 2. The van der Waals surface area contributed by atoms with Crippen LogP contribution in [0.2, 0.25) is 0 Å². The molecule has 1 rings (SSSR count). The zero-order valence-electron chi connectivity index (χ0n) is 19.8. The molecule has 1 aliphatic rings. The smallest absolute Gasteiger partial charge is 0.332 e. The highest BCUT2D eigenvalue weighted by atomic mass is 16.6. The predicted octanol–water partition coefficient (Wildman–Crippen LogP) is -1.77. The number of nitrogens with one attached hydrogen (secondary N) is 3. The van der Waals surface area contributed by atoms with E-state index in [2.05, 4.69) is 16.0 Å². The van der Waals surface area contributed by atoms with E-state index in [0.29, 0.717) is 0 Å². The molecule has 3 amide bonds. The Kier molecular flexibility index (Phi) is 10.7. The lowest BCUT2D eigenvalue weighted by molar-refractivity contribution is -0.155. The zero-order chi connectivity index (χ0) is 25.5. The molecule has 1 heterocycles. The van der Waals surface area contributed by atoms with Gasteiger partial charge in [0.15, 0.2) is 6.04 Å². The summed E-state index contributed by atoms with van der Waals surface area (Å²) in [6, 6.07) is -3.96. The summed E-state index contributed by atoms with van der Waals surface area (Å²) in [7, 11) is 0. The molecular formula is C21H35N3O9. The van der Waals surface area contributed by atoms with E-state index < -0.39 is 78.4 Å². The highest BCUT2D eigenvalue weighted by Crippen LogP contribution is 2.16. The van der Waals surface area contributed by atoms with E-state index in [1.54, 1.807) is 20.8 Å². The summed E-state index contributed by atoms with van der Waals surface area (Å²) in [4.78, 5) is 62.1. The summed E-state index contributed by atoms with van der Waals surface area (Å²) < 4.78 is 9.99. The van der Waals surface area contributed by atoms with Crippen molar-refractivity contribution in [3.8, 4) is 0 Å². The van der Waals surface area contributed by atoms with Gasteiger partial charge in [-0.15, -0.1) is 0 Å². The first-order chi connectivity index (χ1) is 15.3. The van der Waals surface area contributed by atoms with Gasteiger partial charge in [-0.1, -0.05) is 27.7 Å². The van der Waals surface area contributed by atoms with Crippen LogP contribution in [0.5, 0.6) is 0 Å². The Hall–Kier alpha value is -2.73. The standard InChI is InChI=1S/C21H35N3O9/c1-9(2)15-19(29)24-16(12(5)25)20(30)22-14(8-32-13(6)26)21(31)33-7-10(3)17(27)11(4)18(28)23-15/h9-12,14-17,25,27H,7-8H2,1-6H3,(H,22,30)(H,23,28)(H,24,29)/t10-,11+,12+,14?,15?,16?,17+/m0/s1. The molecule has 0 aromatic carbocycles. The fourth-order valence-corrected chi connectivity index (χ4v) is 3.16. The number of amides is 3. The van der Waals surface area contributed by atoms with Crippen molar-refractivity contribution >= 4 is 29.7 Å². The number of carbonyl (C=O) groups excluding carboxylic acids is 5. The second-order valence-corrected chi connectivity index (χ2v) is 8.71. The van der Waals surface area contributed by atoms with Crippen LogP contribution in [0.15, 0.2) is 0 Å². The maximum atomic E-state index is 12.9. The molecule has 0 aromatic heterocycles. The number of carbonyl (C=O) groups is 5. The summed E-state index contributed by atoms with van der Waals surface area (Å²) in [6.07, 6.45) is -2.56. The number of aliphatic hydroxyl groups excluding tert-OH is 2. The summed E-state index contributed by atoms with van der Waals surface area (Å²) in [5.74, 6) is -5.90. The largest absolute Gasteiger partial charge is 0.464 e. The first-order valence-corrected chi connectivity index (χ1v) is 10.8. The van der Waals surface area contributed by atoms with E-state index in [4.69, 9.17) is 9.47 Å². The third kappa shape index (κ3) is 8.28. The van der Waals surface area contributed by atoms with Crippen molar-refractivity contribution < 1.29 is 43.7 Å². The average Bonchev–Trinajstić information content (AvgIpc) is 2.73. The van der Waals surface area contributed by atoms with Crippen LogP contribution < -0.4 is 16.0 Å². The number of hydrogen-bond donors (Lipinski definition) is 5. The van der Waals surface area contributed by atoms with Crippen LogP contribution in [0.3, 0.4) is 0 Å². The maximum Gasteiger partial charge on any atom is 0.332 e. The van der Waals surface area contributed by atoms with Crippen LogP contribution in [0, 0.1) is 17.8 Å². The molecule has 1 saturated heterocycles. The fourth-order valence-electron chi connectivity index (χ4n) is 3.16. The highest BCUT2D eigenvalue weighted by molar-refractivity contribution is 5.94. The third-order valence-electron chi connectivity index (χ3n) is 5.36. The minimum Gasteiger partial charge on any atom is -0.464 e. The Morgan fingerprint density at radius 3 is 2.09 bits per heavy atom. The molecule has 0 radical (unpaired) electrons. The van der Waals surface area contributed by atoms with Crippen molar-refractivity contribution in [3.05, 3.63) is 0 Å². The maximum absolute atomic E-state index is 12.9. The molecule has 3 unspecified atom stereocenters. The molecule has 0 bridgehead atoms. The minimum atomic E-state index is -1.48. The van der Waals surface area contributed by atoms with Crippen molar-refractivity contribution in [2.75, 3.05) is 13.2 Å². The van der Waals surface area contributed by atoms with Crippen LogP contribution in [0.1, 0.15) is 41.5 Å². The molecule has 0 spiro atoms. The quantitative estimate of drug-likeness (QED) is 0.295. The number of rotatable bonds is 4. The second-order valence-electron chi connectivity index (χ2n) is 8.71. The third-order valence-corrected chi connectivity index (χ3v) is 5.36. The molecule has 188 valence electrons. The second kappa shape index (κ2) is 12.5.